The zero-order valence-corrected chi connectivity index (χ0v) is 19.3. The molecule has 1 aromatic heterocycles. The van der Waals surface area contributed by atoms with E-state index in [2.05, 4.69) is 53.0 Å². The van der Waals surface area contributed by atoms with E-state index >= 15 is 0 Å². The van der Waals surface area contributed by atoms with Gasteiger partial charge in [-0.05, 0) is 39.3 Å². The van der Waals surface area contributed by atoms with E-state index in [0.29, 0.717) is 32.4 Å². The van der Waals surface area contributed by atoms with Gasteiger partial charge >= 0.3 is 0 Å². The van der Waals surface area contributed by atoms with Crippen molar-refractivity contribution in [3.63, 3.8) is 0 Å². The zero-order chi connectivity index (χ0) is 21.9. The molecular formula is C23H39N5O3. The third kappa shape index (κ3) is 8.03. The lowest BCUT2D eigenvalue weighted by Crippen LogP contribution is -2.53. The number of pyridine rings is 1. The third-order valence-corrected chi connectivity index (χ3v) is 5.66. The summed E-state index contributed by atoms with van der Waals surface area (Å²) in [5.41, 5.74) is 1.13. The molecule has 0 radical (unpaired) electrons. The molecule has 0 bridgehead atoms. The van der Waals surface area contributed by atoms with Crippen LogP contribution in [0.25, 0.3) is 0 Å². The van der Waals surface area contributed by atoms with Crippen LogP contribution in [0, 0.1) is 0 Å². The summed E-state index contributed by atoms with van der Waals surface area (Å²) in [5, 5.41) is 3.55. The standard InChI is InChI=1S/C23H39N5O3/c1-19(2)30-14-6-9-25-23(26-17-21-18-29-15-16-31-21)28-12-10-27(11-13-28)20(3)22-7-4-5-8-24-22/h4-5,7-8,19-21H,6,9-18H2,1-3H3,(H,25,26). The van der Waals surface area contributed by atoms with Gasteiger partial charge in [-0.25, -0.2) is 0 Å². The van der Waals surface area contributed by atoms with Crippen molar-refractivity contribution in [3.8, 4) is 0 Å². The fourth-order valence-corrected chi connectivity index (χ4v) is 3.82. The summed E-state index contributed by atoms with van der Waals surface area (Å²) in [4.78, 5) is 14.3. The normalized spacial score (nSPS) is 22.0. The van der Waals surface area contributed by atoms with Gasteiger partial charge < -0.3 is 24.4 Å². The molecule has 0 amide bonds. The van der Waals surface area contributed by atoms with Crippen molar-refractivity contribution in [2.75, 3.05) is 65.7 Å². The first kappa shape index (κ1) is 23.9. The van der Waals surface area contributed by atoms with Crippen molar-refractivity contribution in [2.24, 2.45) is 4.99 Å². The molecule has 174 valence electrons. The topological polar surface area (TPSA) is 71.5 Å². The molecule has 0 aromatic carbocycles. The molecule has 1 aromatic rings. The Labute approximate surface area is 187 Å². The summed E-state index contributed by atoms with van der Waals surface area (Å²) in [6.07, 6.45) is 3.14. The molecule has 8 heteroatoms. The predicted octanol–water partition coefficient (Wildman–Crippen LogP) is 1.94. The van der Waals surface area contributed by atoms with Gasteiger partial charge in [0.25, 0.3) is 0 Å². The molecule has 2 atom stereocenters. The number of aliphatic imine (C=N–C) groups is 1. The van der Waals surface area contributed by atoms with Gasteiger partial charge in [0.05, 0.1) is 38.2 Å². The molecule has 2 saturated heterocycles. The van der Waals surface area contributed by atoms with E-state index in [-0.39, 0.29) is 12.2 Å². The van der Waals surface area contributed by atoms with Crippen molar-refractivity contribution in [1.29, 1.82) is 0 Å². The van der Waals surface area contributed by atoms with Gasteiger partial charge in [0.2, 0.25) is 0 Å². The molecule has 3 heterocycles. The van der Waals surface area contributed by atoms with Crippen LogP contribution in [-0.2, 0) is 14.2 Å². The Kier molecular flexibility index (Phi) is 9.99. The molecule has 2 fully saturated rings. The number of guanidine groups is 1. The average molecular weight is 434 g/mol. The molecule has 3 rings (SSSR count). The Hall–Kier alpha value is -1.74. The Morgan fingerprint density at radius 3 is 2.74 bits per heavy atom. The van der Waals surface area contributed by atoms with E-state index in [1.165, 1.54) is 0 Å². The number of nitrogens with zero attached hydrogens (tertiary/aromatic N) is 4. The maximum Gasteiger partial charge on any atom is 0.194 e. The Morgan fingerprint density at radius 1 is 1.23 bits per heavy atom. The summed E-state index contributed by atoms with van der Waals surface area (Å²) >= 11 is 0. The third-order valence-electron chi connectivity index (χ3n) is 5.66. The van der Waals surface area contributed by atoms with E-state index in [1.807, 2.05) is 12.3 Å². The summed E-state index contributed by atoms with van der Waals surface area (Å²) < 4.78 is 17.0. The van der Waals surface area contributed by atoms with Crippen LogP contribution in [-0.4, -0.2) is 98.6 Å². The Balaban J connectivity index is 1.52. The maximum atomic E-state index is 5.77. The summed E-state index contributed by atoms with van der Waals surface area (Å²) in [5.74, 6) is 0.962. The number of rotatable bonds is 9. The minimum Gasteiger partial charge on any atom is -0.379 e. The van der Waals surface area contributed by atoms with Gasteiger partial charge in [-0.2, -0.15) is 0 Å². The molecule has 1 N–H and O–H groups in total. The van der Waals surface area contributed by atoms with Gasteiger partial charge in [0.1, 0.15) is 6.10 Å². The summed E-state index contributed by atoms with van der Waals surface area (Å²) in [6.45, 7) is 14.4. The lowest BCUT2D eigenvalue weighted by atomic mass is 10.1. The molecular weight excluding hydrogens is 394 g/mol. The molecule has 2 aliphatic heterocycles. The smallest absolute Gasteiger partial charge is 0.194 e. The number of piperazine rings is 1. The van der Waals surface area contributed by atoms with E-state index in [1.54, 1.807) is 0 Å². The molecule has 0 spiro atoms. The minimum atomic E-state index is 0.0419. The second kappa shape index (κ2) is 13.0. The first-order valence-electron chi connectivity index (χ1n) is 11.6. The van der Waals surface area contributed by atoms with Crippen molar-refractivity contribution >= 4 is 5.96 Å². The highest BCUT2D eigenvalue weighted by atomic mass is 16.6. The molecule has 0 saturated carbocycles. The van der Waals surface area contributed by atoms with Crippen LogP contribution in [0.15, 0.2) is 29.4 Å². The Morgan fingerprint density at radius 2 is 2.06 bits per heavy atom. The second-order valence-electron chi connectivity index (χ2n) is 8.39. The first-order valence-corrected chi connectivity index (χ1v) is 11.6. The first-order chi connectivity index (χ1) is 15.1. The molecule has 31 heavy (non-hydrogen) atoms. The highest BCUT2D eigenvalue weighted by Crippen LogP contribution is 2.19. The highest BCUT2D eigenvalue weighted by Gasteiger charge is 2.25. The number of hydrogen-bond acceptors (Lipinski definition) is 6. The van der Waals surface area contributed by atoms with Crippen LogP contribution in [0.1, 0.15) is 38.9 Å². The van der Waals surface area contributed by atoms with Crippen molar-refractivity contribution < 1.29 is 14.2 Å². The van der Waals surface area contributed by atoms with Crippen LogP contribution < -0.4 is 5.32 Å². The summed E-state index contributed by atoms with van der Waals surface area (Å²) in [7, 11) is 0. The Bertz CT molecular complexity index is 644. The lowest BCUT2D eigenvalue weighted by molar-refractivity contribution is -0.0833. The molecule has 2 aliphatic rings. The number of aromatic nitrogens is 1. The minimum absolute atomic E-state index is 0.0419. The largest absolute Gasteiger partial charge is 0.379 e. The van der Waals surface area contributed by atoms with E-state index in [0.717, 1.165) is 57.4 Å². The molecule has 2 unspecified atom stereocenters. The van der Waals surface area contributed by atoms with E-state index < -0.39 is 0 Å². The average Bonchev–Trinajstić information content (AvgIpc) is 2.81. The van der Waals surface area contributed by atoms with Crippen molar-refractivity contribution in [2.45, 2.75) is 45.4 Å². The van der Waals surface area contributed by atoms with Crippen LogP contribution in [0.2, 0.25) is 0 Å². The molecule has 0 aliphatic carbocycles. The zero-order valence-electron chi connectivity index (χ0n) is 19.3. The van der Waals surface area contributed by atoms with Crippen LogP contribution in [0.5, 0.6) is 0 Å². The quantitative estimate of drug-likeness (QED) is 0.362. The van der Waals surface area contributed by atoms with Gasteiger partial charge in [-0.3, -0.25) is 14.9 Å². The van der Waals surface area contributed by atoms with Crippen molar-refractivity contribution in [1.82, 2.24) is 20.1 Å². The van der Waals surface area contributed by atoms with Gasteiger partial charge in [-0.15, -0.1) is 0 Å². The lowest BCUT2D eigenvalue weighted by Gasteiger charge is -2.39. The number of nitrogens with one attached hydrogen (secondary N) is 1. The van der Waals surface area contributed by atoms with Crippen LogP contribution in [0.4, 0.5) is 0 Å². The molecule has 8 nitrogen and oxygen atoms in total. The van der Waals surface area contributed by atoms with E-state index in [4.69, 9.17) is 19.2 Å². The second-order valence-corrected chi connectivity index (χ2v) is 8.39. The van der Waals surface area contributed by atoms with E-state index in [9.17, 15) is 0 Å². The number of ether oxygens (including phenoxy) is 3. The fraction of sp³-hybridized carbons (Fsp3) is 0.739. The number of hydrogen-bond donors (Lipinski definition) is 1. The highest BCUT2D eigenvalue weighted by molar-refractivity contribution is 5.80. The van der Waals surface area contributed by atoms with Gasteiger partial charge in [0, 0.05) is 51.6 Å². The van der Waals surface area contributed by atoms with Crippen molar-refractivity contribution in [3.05, 3.63) is 30.1 Å². The fourth-order valence-electron chi connectivity index (χ4n) is 3.82. The van der Waals surface area contributed by atoms with Gasteiger partial charge in [0.15, 0.2) is 5.96 Å². The monoisotopic (exact) mass is 433 g/mol. The maximum absolute atomic E-state index is 5.77. The summed E-state index contributed by atoms with van der Waals surface area (Å²) in [6, 6.07) is 6.45. The van der Waals surface area contributed by atoms with Crippen LogP contribution >= 0.6 is 0 Å². The SMILES string of the molecule is CC(C)OCCCNC(=NCC1COCCO1)N1CCN(C(C)c2ccccn2)CC1. The van der Waals surface area contributed by atoms with Gasteiger partial charge in [-0.1, -0.05) is 6.07 Å². The van der Waals surface area contributed by atoms with Crippen LogP contribution in [0.3, 0.4) is 0 Å². The predicted molar refractivity (Wildman–Crippen MR) is 122 cm³/mol.